The Hall–Kier alpha value is -1.63. The summed E-state index contributed by atoms with van der Waals surface area (Å²) in [4.78, 5) is 24.2. The molecule has 5 nitrogen and oxygen atoms in total. The maximum absolute atomic E-state index is 13.6. The first-order valence-electron chi connectivity index (χ1n) is 6.68. The van der Waals surface area contributed by atoms with E-state index in [2.05, 4.69) is 21.2 Å². The van der Waals surface area contributed by atoms with E-state index in [1.165, 1.54) is 12.1 Å². The Kier molecular flexibility index (Phi) is 5.17. The fraction of sp³-hybridized carbons (Fsp3) is 0.429. The number of aliphatic carboxylic acids is 1. The summed E-state index contributed by atoms with van der Waals surface area (Å²) < 4.78 is 14.3. The molecule has 1 aliphatic heterocycles. The van der Waals surface area contributed by atoms with Gasteiger partial charge in [0.2, 0.25) is 0 Å². The third kappa shape index (κ3) is 4.42. The number of nitrogens with zero attached hydrogens (tertiary/aromatic N) is 1. The summed E-state index contributed by atoms with van der Waals surface area (Å²) in [7, 11) is 0. The molecule has 2 amide bonds. The highest BCUT2D eigenvalue weighted by Gasteiger charge is 2.26. The van der Waals surface area contributed by atoms with Gasteiger partial charge in [-0.05, 0) is 37.0 Å². The van der Waals surface area contributed by atoms with Crippen LogP contribution in [-0.4, -0.2) is 35.1 Å². The Bertz CT molecular complexity index is 553. The van der Waals surface area contributed by atoms with Crippen LogP contribution in [0, 0.1) is 11.7 Å². The van der Waals surface area contributed by atoms with E-state index in [0.29, 0.717) is 24.0 Å². The molecule has 0 spiro atoms. The molecule has 2 rings (SSSR count). The molecule has 21 heavy (non-hydrogen) atoms. The van der Waals surface area contributed by atoms with Gasteiger partial charge in [0.05, 0.1) is 5.69 Å². The first-order chi connectivity index (χ1) is 9.95. The lowest BCUT2D eigenvalue weighted by atomic mass is 10.0. The van der Waals surface area contributed by atoms with Crippen LogP contribution in [0.3, 0.4) is 0 Å². The van der Waals surface area contributed by atoms with Gasteiger partial charge in [0, 0.05) is 24.0 Å². The number of amides is 2. The van der Waals surface area contributed by atoms with E-state index >= 15 is 0 Å². The van der Waals surface area contributed by atoms with Crippen LogP contribution in [0.25, 0.3) is 0 Å². The smallest absolute Gasteiger partial charge is 0.321 e. The van der Waals surface area contributed by atoms with Gasteiger partial charge in [0.15, 0.2) is 0 Å². The van der Waals surface area contributed by atoms with Crippen LogP contribution in [0.5, 0.6) is 0 Å². The van der Waals surface area contributed by atoms with Crippen molar-refractivity contribution < 1.29 is 19.1 Å². The van der Waals surface area contributed by atoms with Crippen molar-refractivity contribution in [3.05, 3.63) is 28.5 Å². The molecule has 0 bridgehead atoms. The third-order valence-corrected chi connectivity index (χ3v) is 4.00. The molecule has 1 saturated heterocycles. The molecule has 1 heterocycles. The predicted molar refractivity (Wildman–Crippen MR) is 79.7 cm³/mol. The molecule has 1 aliphatic rings. The second-order valence-electron chi connectivity index (χ2n) is 5.09. The van der Waals surface area contributed by atoms with Gasteiger partial charge < -0.3 is 15.3 Å². The lowest BCUT2D eigenvalue weighted by Gasteiger charge is -2.17. The molecule has 1 unspecified atom stereocenters. The van der Waals surface area contributed by atoms with Gasteiger partial charge >= 0.3 is 12.0 Å². The van der Waals surface area contributed by atoms with Crippen LogP contribution >= 0.6 is 15.9 Å². The Morgan fingerprint density at radius 2 is 2.24 bits per heavy atom. The van der Waals surface area contributed by atoms with Crippen LogP contribution in [0.15, 0.2) is 22.7 Å². The van der Waals surface area contributed by atoms with Crippen molar-refractivity contribution >= 4 is 33.6 Å². The number of carbonyl (C=O) groups excluding carboxylic acids is 1. The molecular weight excluding hydrogens is 343 g/mol. The molecule has 114 valence electrons. The Balaban J connectivity index is 1.90. The summed E-state index contributed by atoms with van der Waals surface area (Å²) in [6, 6.07) is 3.98. The lowest BCUT2D eigenvalue weighted by molar-refractivity contribution is -0.137. The molecule has 0 saturated carbocycles. The number of carboxylic acid groups (broad SMARTS) is 1. The molecule has 0 aliphatic carbocycles. The van der Waals surface area contributed by atoms with Crippen molar-refractivity contribution in [2.45, 2.75) is 19.3 Å². The summed E-state index contributed by atoms with van der Waals surface area (Å²) >= 11 is 3.23. The summed E-state index contributed by atoms with van der Waals surface area (Å²) in [6.45, 7) is 1.07. The predicted octanol–water partition coefficient (Wildman–Crippen LogP) is 3.31. The largest absolute Gasteiger partial charge is 0.481 e. The van der Waals surface area contributed by atoms with Gasteiger partial charge in [0.25, 0.3) is 0 Å². The van der Waals surface area contributed by atoms with Crippen molar-refractivity contribution in [1.29, 1.82) is 0 Å². The monoisotopic (exact) mass is 358 g/mol. The number of carboxylic acids is 1. The SMILES string of the molecule is O=C(O)CCC1CCN(C(=O)Nc2cc(Br)ccc2F)C1. The first kappa shape index (κ1) is 15.8. The third-order valence-electron chi connectivity index (χ3n) is 3.51. The number of carbonyl (C=O) groups is 2. The summed E-state index contributed by atoms with van der Waals surface area (Å²) in [5, 5.41) is 11.2. The molecule has 1 atom stereocenters. The summed E-state index contributed by atoms with van der Waals surface area (Å²) in [5.41, 5.74) is 0.128. The second-order valence-corrected chi connectivity index (χ2v) is 6.00. The van der Waals surface area contributed by atoms with Crippen LogP contribution in [0.1, 0.15) is 19.3 Å². The molecule has 1 aromatic carbocycles. The Morgan fingerprint density at radius 3 is 2.95 bits per heavy atom. The number of hydrogen-bond acceptors (Lipinski definition) is 2. The normalized spacial score (nSPS) is 17.8. The number of likely N-dealkylation sites (tertiary alicyclic amines) is 1. The minimum atomic E-state index is -0.825. The number of rotatable bonds is 4. The van der Waals surface area contributed by atoms with Crippen LogP contribution in [-0.2, 0) is 4.79 Å². The molecule has 7 heteroatoms. The highest BCUT2D eigenvalue weighted by molar-refractivity contribution is 9.10. The van der Waals surface area contributed by atoms with Crippen molar-refractivity contribution in [3.63, 3.8) is 0 Å². The van der Waals surface area contributed by atoms with Crippen LogP contribution < -0.4 is 5.32 Å². The maximum atomic E-state index is 13.6. The highest BCUT2D eigenvalue weighted by atomic mass is 79.9. The van der Waals surface area contributed by atoms with Crippen LogP contribution in [0.4, 0.5) is 14.9 Å². The zero-order valence-electron chi connectivity index (χ0n) is 11.3. The zero-order chi connectivity index (χ0) is 15.4. The van der Waals surface area contributed by atoms with Crippen molar-refractivity contribution in [3.8, 4) is 0 Å². The van der Waals surface area contributed by atoms with Gasteiger partial charge in [-0.3, -0.25) is 4.79 Å². The number of benzene rings is 1. The van der Waals surface area contributed by atoms with E-state index in [9.17, 15) is 14.0 Å². The van der Waals surface area contributed by atoms with Crippen molar-refractivity contribution in [2.75, 3.05) is 18.4 Å². The summed E-state index contributed by atoms with van der Waals surface area (Å²) in [6.07, 6.45) is 1.45. The topological polar surface area (TPSA) is 69.6 Å². The molecule has 0 aromatic heterocycles. The van der Waals surface area contributed by atoms with Gasteiger partial charge in [-0.1, -0.05) is 15.9 Å². The minimum Gasteiger partial charge on any atom is -0.481 e. The average Bonchev–Trinajstić information content (AvgIpc) is 2.89. The van der Waals surface area contributed by atoms with Crippen LogP contribution in [0.2, 0.25) is 0 Å². The molecule has 0 radical (unpaired) electrons. The molecule has 2 N–H and O–H groups in total. The number of nitrogens with one attached hydrogen (secondary N) is 1. The van der Waals surface area contributed by atoms with E-state index in [-0.39, 0.29) is 24.1 Å². The molecule has 1 aromatic rings. The minimum absolute atomic E-state index is 0.111. The number of anilines is 1. The quantitative estimate of drug-likeness (QED) is 0.867. The second kappa shape index (κ2) is 6.89. The maximum Gasteiger partial charge on any atom is 0.321 e. The standard InChI is InChI=1S/C14H16BrFN2O3/c15-10-2-3-11(16)12(7-10)17-14(21)18-6-5-9(8-18)1-4-13(19)20/h2-3,7,9H,1,4-6,8H2,(H,17,21)(H,19,20). The molecular formula is C14H16BrFN2O3. The van der Waals surface area contributed by atoms with Gasteiger partial charge in [-0.2, -0.15) is 0 Å². The lowest BCUT2D eigenvalue weighted by Crippen LogP contribution is -2.33. The van der Waals surface area contributed by atoms with Gasteiger partial charge in [-0.25, -0.2) is 9.18 Å². The van der Waals surface area contributed by atoms with Gasteiger partial charge in [-0.15, -0.1) is 0 Å². The number of halogens is 2. The van der Waals surface area contributed by atoms with Gasteiger partial charge in [0.1, 0.15) is 5.82 Å². The van der Waals surface area contributed by atoms with E-state index in [0.717, 1.165) is 6.42 Å². The van der Waals surface area contributed by atoms with Crippen molar-refractivity contribution in [1.82, 2.24) is 4.90 Å². The van der Waals surface area contributed by atoms with Crippen molar-refractivity contribution in [2.24, 2.45) is 5.92 Å². The van der Waals surface area contributed by atoms with E-state index in [1.54, 1.807) is 11.0 Å². The Morgan fingerprint density at radius 1 is 1.48 bits per heavy atom. The number of hydrogen-bond donors (Lipinski definition) is 2. The van der Waals surface area contributed by atoms with E-state index in [1.807, 2.05) is 0 Å². The average molecular weight is 359 g/mol. The Labute approximate surface area is 130 Å². The fourth-order valence-corrected chi connectivity index (χ4v) is 2.73. The fourth-order valence-electron chi connectivity index (χ4n) is 2.37. The first-order valence-corrected chi connectivity index (χ1v) is 7.48. The highest BCUT2D eigenvalue weighted by Crippen LogP contribution is 2.24. The van der Waals surface area contributed by atoms with E-state index < -0.39 is 11.8 Å². The number of urea groups is 1. The van der Waals surface area contributed by atoms with E-state index in [4.69, 9.17) is 5.11 Å². The zero-order valence-corrected chi connectivity index (χ0v) is 12.9. The summed E-state index contributed by atoms with van der Waals surface area (Å²) in [5.74, 6) is -1.12. The molecule has 1 fully saturated rings.